The van der Waals surface area contributed by atoms with E-state index in [9.17, 15) is 18.0 Å². The minimum absolute atomic E-state index is 0.0108. The van der Waals surface area contributed by atoms with Crippen molar-refractivity contribution >= 4 is 21.8 Å². The Morgan fingerprint density at radius 3 is 2.50 bits per heavy atom. The van der Waals surface area contributed by atoms with Gasteiger partial charge in [-0.25, -0.2) is 8.42 Å². The summed E-state index contributed by atoms with van der Waals surface area (Å²) in [6.07, 6.45) is 5.56. The third-order valence-electron chi connectivity index (χ3n) is 5.17. The monoisotopic (exact) mass is 406 g/mol. The molecule has 1 fully saturated rings. The van der Waals surface area contributed by atoms with Crippen LogP contribution in [0.4, 0.5) is 0 Å². The molecule has 1 aromatic rings. The number of aryl methyl sites for hydroxylation is 1. The van der Waals surface area contributed by atoms with E-state index in [1.807, 2.05) is 6.92 Å². The Balaban J connectivity index is 1.74. The van der Waals surface area contributed by atoms with Crippen LogP contribution in [0.5, 0.6) is 0 Å². The van der Waals surface area contributed by atoms with E-state index in [2.05, 4.69) is 10.6 Å². The Hall–Kier alpha value is -2.39. The van der Waals surface area contributed by atoms with Crippen LogP contribution in [0.2, 0.25) is 0 Å². The lowest BCUT2D eigenvalue weighted by Crippen LogP contribution is -2.52. The van der Waals surface area contributed by atoms with E-state index in [0.29, 0.717) is 0 Å². The number of nitrogens with two attached hydrogens (primary N) is 1. The van der Waals surface area contributed by atoms with Crippen LogP contribution in [0, 0.1) is 6.92 Å². The van der Waals surface area contributed by atoms with Crippen molar-refractivity contribution in [1.82, 2.24) is 14.9 Å². The van der Waals surface area contributed by atoms with Gasteiger partial charge in [0.2, 0.25) is 11.8 Å². The van der Waals surface area contributed by atoms with Gasteiger partial charge in [-0.05, 0) is 44.7 Å². The first-order valence-electron chi connectivity index (χ1n) is 9.39. The summed E-state index contributed by atoms with van der Waals surface area (Å²) in [5.41, 5.74) is 6.80. The predicted molar refractivity (Wildman–Crippen MR) is 104 cm³/mol. The second-order valence-corrected chi connectivity index (χ2v) is 9.21. The number of amides is 2. The molecule has 1 heterocycles. The molecule has 0 radical (unpaired) electrons. The number of rotatable bonds is 5. The van der Waals surface area contributed by atoms with Crippen molar-refractivity contribution in [3.63, 3.8) is 0 Å². The summed E-state index contributed by atoms with van der Waals surface area (Å²) in [7, 11) is -3.96. The number of nitrogens with zero attached hydrogens (tertiary/aromatic N) is 1. The Kier molecular flexibility index (Phi) is 6.04. The summed E-state index contributed by atoms with van der Waals surface area (Å²) in [5, 5.41) is 5.39. The minimum atomic E-state index is -3.96. The van der Waals surface area contributed by atoms with Crippen molar-refractivity contribution in [2.24, 2.45) is 5.73 Å². The molecule has 2 aliphatic rings. The summed E-state index contributed by atoms with van der Waals surface area (Å²) >= 11 is 0. The molecule has 8 nitrogen and oxygen atoms in total. The predicted octanol–water partition coefficient (Wildman–Crippen LogP) is 0.732. The first-order chi connectivity index (χ1) is 13.3. The summed E-state index contributed by atoms with van der Waals surface area (Å²) < 4.78 is 27.0. The fourth-order valence-corrected chi connectivity index (χ4v) is 4.95. The SMILES string of the molecule is Cc1ccc(S(=O)(=O)N2C=CNC(=O)[C@H]2CC(=O)N[C@H]2CC[C@@H](N)CC2)cc1. The molecule has 0 saturated heterocycles. The molecule has 28 heavy (non-hydrogen) atoms. The first kappa shape index (κ1) is 20.3. The molecule has 1 saturated carbocycles. The third kappa shape index (κ3) is 4.53. The molecule has 1 aliphatic carbocycles. The maximum atomic E-state index is 13.0. The molecule has 0 unspecified atom stereocenters. The molecule has 152 valence electrons. The van der Waals surface area contributed by atoms with E-state index in [1.54, 1.807) is 12.1 Å². The van der Waals surface area contributed by atoms with E-state index in [4.69, 9.17) is 5.73 Å². The summed E-state index contributed by atoms with van der Waals surface area (Å²) in [4.78, 5) is 24.9. The number of hydrogen-bond acceptors (Lipinski definition) is 5. The quantitative estimate of drug-likeness (QED) is 0.666. The molecular weight excluding hydrogens is 380 g/mol. The number of benzene rings is 1. The smallest absolute Gasteiger partial charge is 0.264 e. The van der Waals surface area contributed by atoms with Gasteiger partial charge in [-0.1, -0.05) is 17.7 Å². The van der Waals surface area contributed by atoms with Crippen molar-refractivity contribution in [3.05, 3.63) is 42.2 Å². The Labute approximate surface area is 165 Å². The van der Waals surface area contributed by atoms with Gasteiger partial charge in [0.25, 0.3) is 10.0 Å². The van der Waals surface area contributed by atoms with E-state index >= 15 is 0 Å². The number of nitrogens with one attached hydrogen (secondary N) is 2. The molecule has 0 spiro atoms. The molecule has 4 N–H and O–H groups in total. The molecular formula is C19H26N4O4S. The molecule has 0 aromatic heterocycles. The van der Waals surface area contributed by atoms with Gasteiger partial charge >= 0.3 is 0 Å². The molecule has 0 bridgehead atoms. The zero-order chi connectivity index (χ0) is 20.3. The maximum Gasteiger partial charge on any atom is 0.264 e. The summed E-state index contributed by atoms with van der Waals surface area (Å²) in [6, 6.07) is 5.41. The van der Waals surface area contributed by atoms with Crippen molar-refractivity contribution in [3.8, 4) is 0 Å². The van der Waals surface area contributed by atoms with Gasteiger partial charge in [-0.15, -0.1) is 0 Å². The van der Waals surface area contributed by atoms with Gasteiger partial charge in [0.15, 0.2) is 0 Å². The molecule has 1 aromatic carbocycles. The lowest BCUT2D eigenvalue weighted by Gasteiger charge is -2.32. The average Bonchev–Trinajstić information content (AvgIpc) is 2.65. The number of carbonyl (C=O) groups excluding carboxylic acids is 2. The van der Waals surface area contributed by atoms with Gasteiger partial charge in [0.05, 0.1) is 11.3 Å². The molecule has 2 amide bonds. The molecule has 3 rings (SSSR count). The fourth-order valence-electron chi connectivity index (χ4n) is 3.50. The van der Waals surface area contributed by atoms with Crippen LogP contribution >= 0.6 is 0 Å². The summed E-state index contributed by atoms with van der Waals surface area (Å²) in [6.45, 7) is 1.86. The Morgan fingerprint density at radius 2 is 1.86 bits per heavy atom. The van der Waals surface area contributed by atoms with Crippen LogP contribution in [0.15, 0.2) is 41.6 Å². The highest BCUT2D eigenvalue weighted by Gasteiger charge is 2.37. The van der Waals surface area contributed by atoms with Crippen LogP contribution in [0.25, 0.3) is 0 Å². The second kappa shape index (κ2) is 8.32. The first-order valence-corrected chi connectivity index (χ1v) is 10.8. The number of sulfonamides is 1. The number of carbonyl (C=O) groups is 2. The highest BCUT2D eigenvalue weighted by atomic mass is 32.2. The van der Waals surface area contributed by atoms with Gasteiger partial charge in [0, 0.05) is 24.5 Å². The van der Waals surface area contributed by atoms with Gasteiger partial charge < -0.3 is 16.4 Å². The van der Waals surface area contributed by atoms with Gasteiger partial charge in [0.1, 0.15) is 6.04 Å². The van der Waals surface area contributed by atoms with Gasteiger partial charge in [-0.3, -0.25) is 13.9 Å². The maximum absolute atomic E-state index is 13.0. The van der Waals surface area contributed by atoms with Crippen molar-refractivity contribution in [1.29, 1.82) is 0 Å². The van der Waals surface area contributed by atoms with E-state index in [0.717, 1.165) is 35.6 Å². The minimum Gasteiger partial charge on any atom is -0.353 e. The molecule has 9 heteroatoms. The van der Waals surface area contributed by atoms with E-state index in [1.165, 1.54) is 24.5 Å². The average molecular weight is 407 g/mol. The van der Waals surface area contributed by atoms with Crippen molar-refractivity contribution < 1.29 is 18.0 Å². The van der Waals surface area contributed by atoms with Crippen LogP contribution < -0.4 is 16.4 Å². The fraction of sp³-hybridized carbons (Fsp3) is 0.474. The van der Waals surface area contributed by atoms with E-state index in [-0.39, 0.29) is 29.3 Å². The number of hydrogen-bond donors (Lipinski definition) is 3. The topological polar surface area (TPSA) is 122 Å². The normalized spacial score (nSPS) is 25.3. The van der Waals surface area contributed by atoms with Crippen LogP contribution in [0.1, 0.15) is 37.7 Å². The zero-order valence-corrected chi connectivity index (χ0v) is 16.6. The standard InChI is InChI=1S/C19H26N4O4S/c1-13-2-8-16(9-3-13)28(26,27)23-11-10-21-19(25)17(23)12-18(24)22-15-6-4-14(20)5-7-15/h2-3,8-11,14-15,17H,4-7,12,20H2,1H3,(H,21,25)(H,22,24)/t14-,15+,17-/m1/s1. The Bertz CT molecular complexity index is 858. The summed E-state index contributed by atoms with van der Waals surface area (Å²) in [5.74, 6) is -0.876. The molecule has 1 aliphatic heterocycles. The van der Waals surface area contributed by atoms with Crippen LogP contribution in [0.3, 0.4) is 0 Å². The van der Waals surface area contributed by atoms with Crippen LogP contribution in [-0.2, 0) is 19.6 Å². The van der Waals surface area contributed by atoms with Crippen molar-refractivity contribution in [2.45, 2.75) is 62.0 Å². The lowest BCUT2D eigenvalue weighted by atomic mass is 9.91. The zero-order valence-electron chi connectivity index (χ0n) is 15.8. The molecule has 1 atom stereocenters. The second-order valence-electron chi connectivity index (χ2n) is 7.37. The van der Waals surface area contributed by atoms with E-state index < -0.39 is 22.0 Å². The van der Waals surface area contributed by atoms with Crippen molar-refractivity contribution in [2.75, 3.05) is 0 Å². The Morgan fingerprint density at radius 1 is 1.21 bits per heavy atom. The van der Waals surface area contributed by atoms with Crippen LogP contribution in [-0.4, -0.2) is 42.7 Å². The highest BCUT2D eigenvalue weighted by Crippen LogP contribution is 2.23. The van der Waals surface area contributed by atoms with Gasteiger partial charge in [-0.2, -0.15) is 0 Å². The highest BCUT2D eigenvalue weighted by molar-refractivity contribution is 7.89. The third-order valence-corrected chi connectivity index (χ3v) is 6.97. The largest absolute Gasteiger partial charge is 0.353 e. The lowest BCUT2D eigenvalue weighted by molar-refractivity contribution is -0.129.